The van der Waals surface area contributed by atoms with Crippen molar-refractivity contribution in [3.05, 3.63) is 0 Å². The Bertz CT molecular complexity index is 264. The van der Waals surface area contributed by atoms with Crippen molar-refractivity contribution in [2.45, 2.75) is 25.2 Å². The highest BCUT2D eigenvalue weighted by molar-refractivity contribution is 6.16. The summed E-state index contributed by atoms with van der Waals surface area (Å²) in [6.07, 6.45) is -3.86. The van der Waals surface area contributed by atoms with E-state index in [1.165, 1.54) is 6.92 Å². The van der Waals surface area contributed by atoms with E-state index in [1.807, 2.05) is 0 Å². The van der Waals surface area contributed by atoms with Crippen LogP contribution in [0.4, 0.5) is 0 Å². The Morgan fingerprint density at radius 2 is 1.64 bits per heavy atom. The van der Waals surface area contributed by atoms with Gasteiger partial charge in [-0.3, -0.25) is 0 Å². The van der Waals surface area contributed by atoms with Gasteiger partial charge in [0.25, 0.3) is 0 Å². The molecule has 0 saturated heterocycles. The minimum Gasteiger partial charge on any atom is -0.479 e. The number of nitrogens with two attached hydrogens (primary N) is 1. The highest BCUT2D eigenvalue weighted by Gasteiger charge is 2.29. The quantitative estimate of drug-likeness (QED) is 0.290. The number of nitrogens with one attached hydrogen (secondary N) is 2. The predicted octanol–water partition coefficient (Wildman–Crippen LogP) is -1.82. The second-order valence-electron chi connectivity index (χ2n) is 2.84. The molecule has 0 fully saturated rings. The Hall–Kier alpha value is -1.31. The van der Waals surface area contributed by atoms with Crippen molar-refractivity contribution >= 4 is 17.4 Å². The van der Waals surface area contributed by atoms with E-state index in [0.717, 1.165) is 0 Å². The molecule has 0 aromatic heterocycles. The van der Waals surface area contributed by atoms with E-state index < -0.39 is 35.6 Å². The van der Waals surface area contributed by atoms with Crippen LogP contribution in [0.3, 0.4) is 0 Å². The molecular formula is C7H13N3O4. The molecule has 0 aliphatic heterocycles. The van der Waals surface area contributed by atoms with Gasteiger partial charge in [0.1, 0.15) is 6.10 Å². The second kappa shape index (κ2) is 4.80. The summed E-state index contributed by atoms with van der Waals surface area (Å²) < 4.78 is 0. The van der Waals surface area contributed by atoms with Crippen LogP contribution >= 0.6 is 0 Å². The number of aliphatic carboxylic acids is 1. The fraction of sp³-hybridized carbons (Fsp3) is 0.571. The predicted molar refractivity (Wildman–Crippen MR) is 48.8 cm³/mol. The van der Waals surface area contributed by atoms with Gasteiger partial charge in [0.15, 0.2) is 6.10 Å². The third-order valence-corrected chi connectivity index (χ3v) is 1.61. The summed E-state index contributed by atoms with van der Waals surface area (Å²) >= 11 is 0. The summed E-state index contributed by atoms with van der Waals surface area (Å²) in [5.41, 5.74) is 3.97. The van der Waals surface area contributed by atoms with Gasteiger partial charge < -0.3 is 31.9 Å². The third kappa shape index (κ3) is 2.87. The van der Waals surface area contributed by atoms with Crippen molar-refractivity contribution in [1.82, 2.24) is 0 Å². The zero-order valence-electron chi connectivity index (χ0n) is 7.56. The Morgan fingerprint density at radius 1 is 1.21 bits per heavy atom. The second-order valence-corrected chi connectivity index (χ2v) is 2.84. The number of carboxylic acids is 1. The monoisotopic (exact) mass is 203 g/mol. The minimum absolute atomic E-state index is 0.407. The normalized spacial score (nSPS) is 16.9. The lowest BCUT2D eigenvalue weighted by Gasteiger charge is -2.17. The van der Waals surface area contributed by atoms with Crippen LogP contribution in [0.5, 0.6) is 0 Å². The standard InChI is InChI=1S/C7H13N3O4/c1-2(8)3(9)5(11)4(10)6(12)7(13)14/h2,5-6,9-12H,8H2,1H3,(H,13,14). The highest BCUT2D eigenvalue weighted by atomic mass is 16.4. The topological polar surface area (TPSA) is 151 Å². The molecular weight excluding hydrogens is 190 g/mol. The largest absolute Gasteiger partial charge is 0.479 e. The van der Waals surface area contributed by atoms with Gasteiger partial charge in [0.2, 0.25) is 0 Å². The smallest absolute Gasteiger partial charge is 0.338 e. The van der Waals surface area contributed by atoms with Gasteiger partial charge in [0.05, 0.1) is 11.4 Å². The Labute approximate surface area is 80.2 Å². The summed E-state index contributed by atoms with van der Waals surface area (Å²) in [7, 11) is 0. The van der Waals surface area contributed by atoms with Crippen molar-refractivity contribution in [2.75, 3.05) is 0 Å². The zero-order chi connectivity index (χ0) is 11.5. The molecule has 0 heterocycles. The van der Waals surface area contributed by atoms with Crippen LogP contribution in [0.25, 0.3) is 0 Å². The van der Waals surface area contributed by atoms with E-state index in [0.29, 0.717) is 0 Å². The molecule has 3 atom stereocenters. The fourth-order valence-electron chi connectivity index (χ4n) is 0.699. The van der Waals surface area contributed by atoms with Gasteiger partial charge >= 0.3 is 5.97 Å². The summed E-state index contributed by atoms with van der Waals surface area (Å²) in [6, 6.07) is -0.800. The lowest BCUT2D eigenvalue weighted by molar-refractivity contribution is -0.143. The summed E-state index contributed by atoms with van der Waals surface area (Å²) in [6.45, 7) is 1.41. The van der Waals surface area contributed by atoms with Gasteiger partial charge in [-0.2, -0.15) is 0 Å². The fourth-order valence-corrected chi connectivity index (χ4v) is 0.699. The average molecular weight is 203 g/mol. The number of aliphatic hydroxyl groups excluding tert-OH is 2. The Balaban J connectivity index is 4.55. The molecule has 14 heavy (non-hydrogen) atoms. The van der Waals surface area contributed by atoms with E-state index >= 15 is 0 Å². The van der Waals surface area contributed by atoms with Crippen molar-refractivity contribution in [1.29, 1.82) is 10.8 Å². The van der Waals surface area contributed by atoms with Crippen molar-refractivity contribution in [3.8, 4) is 0 Å². The molecule has 7 heteroatoms. The molecule has 0 spiro atoms. The maximum atomic E-state index is 10.2. The number of rotatable bonds is 5. The van der Waals surface area contributed by atoms with Crippen LogP contribution < -0.4 is 5.73 Å². The first-order valence-electron chi connectivity index (χ1n) is 3.80. The molecule has 80 valence electrons. The molecule has 7 nitrogen and oxygen atoms in total. The van der Waals surface area contributed by atoms with Crippen LogP contribution in [0.2, 0.25) is 0 Å². The van der Waals surface area contributed by atoms with Gasteiger partial charge in [-0.1, -0.05) is 0 Å². The summed E-state index contributed by atoms with van der Waals surface area (Å²) in [5, 5.41) is 40.7. The molecule has 0 bridgehead atoms. The molecule has 0 aromatic carbocycles. The van der Waals surface area contributed by atoms with E-state index in [-0.39, 0.29) is 0 Å². The molecule has 0 aliphatic rings. The molecule has 0 rings (SSSR count). The Kier molecular flexibility index (Phi) is 4.35. The van der Waals surface area contributed by atoms with Crippen molar-refractivity contribution < 1.29 is 20.1 Å². The maximum Gasteiger partial charge on any atom is 0.338 e. The zero-order valence-corrected chi connectivity index (χ0v) is 7.56. The molecule has 3 unspecified atom stereocenters. The summed E-state index contributed by atoms with van der Waals surface area (Å²) in [5.74, 6) is -1.65. The van der Waals surface area contributed by atoms with E-state index in [2.05, 4.69) is 0 Å². The first kappa shape index (κ1) is 12.7. The maximum absolute atomic E-state index is 10.2. The SMILES string of the molecule is CC(N)C(=N)C(O)C(=N)C(O)C(=O)O. The van der Waals surface area contributed by atoms with E-state index in [9.17, 15) is 9.90 Å². The number of carbonyl (C=O) groups is 1. The van der Waals surface area contributed by atoms with Crippen LogP contribution in [0, 0.1) is 10.8 Å². The molecule has 0 radical (unpaired) electrons. The number of carboxylic acid groups (broad SMARTS) is 1. The first-order valence-corrected chi connectivity index (χ1v) is 3.80. The number of hydrogen-bond donors (Lipinski definition) is 6. The van der Waals surface area contributed by atoms with Crippen LogP contribution in [0.15, 0.2) is 0 Å². The average Bonchev–Trinajstić information content (AvgIpc) is 2.12. The van der Waals surface area contributed by atoms with E-state index in [1.54, 1.807) is 0 Å². The van der Waals surface area contributed by atoms with Gasteiger partial charge in [-0.25, -0.2) is 4.79 Å². The van der Waals surface area contributed by atoms with Crippen LogP contribution in [0.1, 0.15) is 6.92 Å². The third-order valence-electron chi connectivity index (χ3n) is 1.61. The highest BCUT2D eigenvalue weighted by Crippen LogP contribution is 1.98. The van der Waals surface area contributed by atoms with Gasteiger partial charge in [0, 0.05) is 6.04 Å². The number of aliphatic hydroxyl groups is 2. The first-order chi connectivity index (χ1) is 6.29. The molecule has 0 aliphatic carbocycles. The van der Waals surface area contributed by atoms with Crippen LogP contribution in [-0.2, 0) is 4.79 Å². The van der Waals surface area contributed by atoms with Gasteiger partial charge in [-0.15, -0.1) is 0 Å². The van der Waals surface area contributed by atoms with Crippen molar-refractivity contribution in [2.24, 2.45) is 5.73 Å². The molecule has 0 aromatic rings. The molecule has 7 N–H and O–H groups in total. The van der Waals surface area contributed by atoms with Gasteiger partial charge in [-0.05, 0) is 6.92 Å². The number of hydrogen-bond acceptors (Lipinski definition) is 6. The van der Waals surface area contributed by atoms with E-state index in [4.69, 9.17) is 26.8 Å². The summed E-state index contributed by atoms with van der Waals surface area (Å²) in [4.78, 5) is 10.2. The minimum atomic E-state index is -2.11. The molecule has 0 amide bonds. The van der Waals surface area contributed by atoms with Crippen molar-refractivity contribution in [3.63, 3.8) is 0 Å². The Morgan fingerprint density at radius 3 is 1.93 bits per heavy atom. The lowest BCUT2D eigenvalue weighted by Crippen LogP contribution is -2.46. The molecule has 0 saturated carbocycles. The van der Waals surface area contributed by atoms with Crippen LogP contribution in [-0.4, -0.2) is 51.0 Å². The lowest BCUT2D eigenvalue weighted by atomic mass is 10.0.